The van der Waals surface area contributed by atoms with Crippen LogP contribution in [0.4, 0.5) is 0 Å². The third-order valence-corrected chi connectivity index (χ3v) is 3.78. The first-order chi connectivity index (χ1) is 8.43. The number of benzene rings is 1. The Morgan fingerprint density at radius 3 is 2.67 bits per heavy atom. The molecule has 0 aliphatic carbocycles. The van der Waals surface area contributed by atoms with Gasteiger partial charge in [0.15, 0.2) is 0 Å². The molecule has 0 aliphatic heterocycles. The molecule has 1 aromatic carbocycles. The van der Waals surface area contributed by atoms with Crippen LogP contribution in [0.3, 0.4) is 0 Å². The van der Waals surface area contributed by atoms with Crippen LogP contribution in [0.25, 0.3) is 0 Å². The van der Waals surface area contributed by atoms with Crippen LogP contribution in [0.15, 0.2) is 28.7 Å². The van der Waals surface area contributed by atoms with Crippen molar-refractivity contribution < 1.29 is 0 Å². The van der Waals surface area contributed by atoms with Gasteiger partial charge in [0.1, 0.15) is 0 Å². The Bertz CT molecular complexity index is 363. The van der Waals surface area contributed by atoms with Gasteiger partial charge < -0.3 is 10.6 Å². The van der Waals surface area contributed by atoms with E-state index in [0.29, 0.717) is 0 Å². The lowest BCUT2D eigenvalue weighted by Crippen LogP contribution is -2.26. The molecule has 0 aromatic heterocycles. The number of nitrogens with zero attached hydrogens (tertiary/aromatic N) is 1. The molecule has 0 atom stereocenters. The molecule has 0 heterocycles. The maximum atomic E-state index is 5.74. The Labute approximate surface area is 120 Å². The molecule has 3 heteroatoms. The van der Waals surface area contributed by atoms with E-state index < -0.39 is 0 Å². The molecule has 0 saturated carbocycles. The van der Waals surface area contributed by atoms with Gasteiger partial charge in [-0.1, -0.05) is 41.9 Å². The van der Waals surface area contributed by atoms with E-state index in [0.717, 1.165) is 24.1 Å². The van der Waals surface area contributed by atoms with Crippen LogP contribution in [0.1, 0.15) is 32.3 Å². The summed E-state index contributed by atoms with van der Waals surface area (Å²) >= 11 is 3.51. The Hall–Kier alpha value is -0.380. The summed E-state index contributed by atoms with van der Waals surface area (Å²) in [5, 5.41) is 0. The molecule has 0 spiro atoms. The molecule has 1 aromatic rings. The van der Waals surface area contributed by atoms with Gasteiger partial charge in [0, 0.05) is 11.0 Å². The average Bonchev–Trinajstić information content (AvgIpc) is 2.28. The molecule has 0 fully saturated rings. The smallest absolute Gasteiger partial charge is 0.0231 e. The number of hydrogen-bond acceptors (Lipinski definition) is 2. The standard InChI is InChI=1S/C15H25BrN2/c1-15(2,12-17)8-5-9-18(3)11-13-6-4-7-14(16)10-13/h4,6-7,10H,5,8-9,11-12,17H2,1-3H3. The van der Waals surface area contributed by atoms with Gasteiger partial charge in [-0.3, -0.25) is 0 Å². The van der Waals surface area contributed by atoms with E-state index in [2.05, 4.69) is 66.0 Å². The molecule has 2 nitrogen and oxygen atoms in total. The Morgan fingerprint density at radius 2 is 2.06 bits per heavy atom. The number of rotatable bonds is 7. The minimum absolute atomic E-state index is 0.274. The zero-order valence-corrected chi connectivity index (χ0v) is 13.3. The molecular formula is C15H25BrN2. The normalized spacial score (nSPS) is 12.1. The van der Waals surface area contributed by atoms with Gasteiger partial charge in [-0.25, -0.2) is 0 Å². The maximum Gasteiger partial charge on any atom is 0.0231 e. The van der Waals surface area contributed by atoms with Crippen molar-refractivity contribution in [1.82, 2.24) is 4.90 Å². The van der Waals surface area contributed by atoms with Crippen LogP contribution in [0.5, 0.6) is 0 Å². The quantitative estimate of drug-likeness (QED) is 0.832. The van der Waals surface area contributed by atoms with Crippen LogP contribution in [0, 0.1) is 5.41 Å². The van der Waals surface area contributed by atoms with Crippen molar-refractivity contribution in [3.8, 4) is 0 Å². The Balaban J connectivity index is 2.32. The van der Waals surface area contributed by atoms with E-state index >= 15 is 0 Å². The van der Waals surface area contributed by atoms with Gasteiger partial charge in [0.25, 0.3) is 0 Å². The summed E-state index contributed by atoms with van der Waals surface area (Å²) in [6.07, 6.45) is 2.39. The van der Waals surface area contributed by atoms with Crippen molar-refractivity contribution >= 4 is 15.9 Å². The predicted octanol–water partition coefficient (Wildman–Crippen LogP) is 3.65. The molecular weight excluding hydrogens is 288 g/mol. The first-order valence-corrected chi connectivity index (χ1v) is 7.35. The van der Waals surface area contributed by atoms with Crippen molar-refractivity contribution in [2.45, 2.75) is 33.2 Å². The van der Waals surface area contributed by atoms with Gasteiger partial charge in [-0.15, -0.1) is 0 Å². The molecule has 0 radical (unpaired) electrons. The largest absolute Gasteiger partial charge is 0.330 e. The van der Waals surface area contributed by atoms with Gasteiger partial charge in [-0.2, -0.15) is 0 Å². The molecule has 0 amide bonds. The van der Waals surface area contributed by atoms with Crippen molar-refractivity contribution in [2.75, 3.05) is 20.1 Å². The van der Waals surface area contributed by atoms with Gasteiger partial charge in [-0.05, 0) is 56.1 Å². The van der Waals surface area contributed by atoms with Crippen LogP contribution in [-0.4, -0.2) is 25.0 Å². The lowest BCUT2D eigenvalue weighted by atomic mass is 9.88. The summed E-state index contributed by atoms with van der Waals surface area (Å²) in [5.74, 6) is 0. The van der Waals surface area contributed by atoms with Crippen molar-refractivity contribution in [3.63, 3.8) is 0 Å². The lowest BCUT2D eigenvalue weighted by molar-refractivity contribution is 0.273. The highest BCUT2D eigenvalue weighted by Crippen LogP contribution is 2.20. The van der Waals surface area contributed by atoms with E-state index in [9.17, 15) is 0 Å². The maximum absolute atomic E-state index is 5.74. The second kappa shape index (κ2) is 7.27. The monoisotopic (exact) mass is 312 g/mol. The Kier molecular flexibility index (Phi) is 6.33. The molecule has 2 N–H and O–H groups in total. The fraction of sp³-hybridized carbons (Fsp3) is 0.600. The van der Waals surface area contributed by atoms with Crippen molar-refractivity contribution in [2.24, 2.45) is 11.1 Å². The summed E-state index contributed by atoms with van der Waals surface area (Å²) in [7, 11) is 2.18. The molecule has 1 rings (SSSR count). The van der Waals surface area contributed by atoms with E-state index in [1.54, 1.807) is 0 Å². The first-order valence-electron chi connectivity index (χ1n) is 6.56. The summed E-state index contributed by atoms with van der Waals surface area (Å²) in [6, 6.07) is 8.50. The van der Waals surface area contributed by atoms with Gasteiger partial charge >= 0.3 is 0 Å². The second-order valence-electron chi connectivity index (χ2n) is 5.84. The highest BCUT2D eigenvalue weighted by molar-refractivity contribution is 9.10. The molecule has 102 valence electrons. The third kappa shape index (κ3) is 5.98. The van der Waals surface area contributed by atoms with Gasteiger partial charge in [0.05, 0.1) is 0 Å². The van der Waals surface area contributed by atoms with E-state index in [4.69, 9.17) is 5.73 Å². The SMILES string of the molecule is CN(CCCC(C)(C)CN)Cc1cccc(Br)c1. The highest BCUT2D eigenvalue weighted by Gasteiger charge is 2.14. The second-order valence-corrected chi connectivity index (χ2v) is 6.76. The minimum Gasteiger partial charge on any atom is -0.330 e. The van der Waals surface area contributed by atoms with Crippen molar-refractivity contribution in [1.29, 1.82) is 0 Å². The van der Waals surface area contributed by atoms with Gasteiger partial charge in [0.2, 0.25) is 0 Å². The first kappa shape index (κ1) is 15.7. The summed E-state index contributed by atoms with van der Waals surface area (Å²) in [5.41, 5.74) is 7.37. The van der Waals surface area contributed by atoms with E-state index in [-0.39, 0.29) is 5.41 Å². The molecule has 0 bridgehead atoms. The molecule has 18 heavy (non-hydrogen) atoms. The van der Waals surface area contributed by atoms with Crippen LogP contribution in [-0.2, 0) is 6.54 Å². The Morgan fingerprint density at radius 1 is 1.33 bits per heavy atom. The van der Waals surface area contributed by atoms with Crippen LogP contribution in [0.2, 0.25) is 0 Å². The fourth-order valence-electron chi connectivity index (χ4n) is 1.96. The third-order valence-electron chi connectivity index (χ3n) is 3.29. The lowest BCUT2D eigenvalue weighted by Gasteiger charge is -2.24. The van der Waals surface area contributed by atoms with E-state index in [1.165, 1.54) is 18.4 Å². The molecule has 0 aliphatic rings. The minimum atomic E-state index is 0.274. The van der Waals surface area contributed by atoms with Crippen LogP contribution >= 0.6 is 15.9 Å². The predicted molar refractivity (Wildman–Crippen MR) is 82.5 cm³/mol. The number of halogens is 1. The van der Waals surface area contributed by atoms with E-state index in [1.807, 2.05) is 0 Å². The topological polar surface area (TPSA) is 29.3 Å². The zero-order chi connectivity index (χ0) is 13.6. The highest BCUT2D eigenvalue weighted by atomic mass is 79.9. The molecule has 0 saturated heterocycles. The van der Waals surface area contributed by atoms with Crippen LogP contribution < -0.4 is 5.73 Å². The zero-order valence-electron chi connectivity index (χ0n) is 11.7. The summed E-state index contributed by atoms with van der Waals surface area (Å²) < 4.78 is 1.15. The number of hydrogen-bond donors (Lipinski definition) is 1. The average molecular weight is 313 g/mol. The molecule has 0 unspecified atom stereocenters. The summed E-state index contributed by atoms with van der Waals surface area (Å²) in [4.78, 5) is 2.37. The fourth-order valence-corrected chi connectivity index (χ4v) is 2.40. The van der Waals surface area contributed by atoms with Crippen molar-refractivity contribution in [3.05, 3.63) is 34.3 Å². The number of nitrogens with two attached hydrogens (primary N) is 1. The summed E-state index contributed by atoms with van der Waals surface area (Å²) in [6.45, 7) is 7.36.